The van der Waals surface area contributed by atoms with Crippen molar-refractivity contribution in [1.82, 2.24) is 30.4 Å². The number of fused-ring (bicyclic) bond motifs is 4. The first-order valence-corrected chi connectivity index (χ1v) is 11.3. The molecule has 1 fully saturated rings. The number of amides is 2. The number of carbonyl (C=O) groups excluding carboxylic acids is 2. The number of carbonyl (C=O) groups is 2. The third-order valence-electron chi connectivity index (χ3n) is 6.55. The number of nitrogens with one attached hydrogen (secondary N) is 4. The number of hydrogen-bond acceptors (Lipinski definition) is 5. The maximum Gasteiger partial charge on any atom is 0.256 e. The van der Waals surface area contributed by atoms with Gasteiger partial charge in [-0.2, -0.15) is 5.10 Å². The van der Waals surface area contributed by atoms with Crippen LogP contribution >= 0.6 is 0 Å². The van der Waals surface area contributed by atoms with Gasteiger partial charge in [-0.3, -0.25) is 19.7 Å². The predicted molar refractivity (Wildman–Crippen MR) is 124 cm³/mol. The second kappa shape index (κ2) is 7.41. The van der Waals surface area contributed by atoms with Gasteiger partial charge in [-0.05, 0) is 38.0 Å². The maximum absolute atomic E-state index is 13.2. The van der Waals surface area contributed by atoms with Crippen LogP contribution in [-0.2, 0) is 11.3 Å². The molecule has 5 heterocycles. The number of H-pyrrole nitrogens is 2. The van der Waals surface area contributed by atoms with E-state index in [0.29, 0.717) is 48.1 Å². The molecule has 33 heavy (non-hydrogen) atoms. The molecule has 1 aliphatic carbocycles. The molecular formula is C24H25N7O2. The van der Waals surface area contributed by atoms with Crippen LogP contribution in [0.15, 0.2) is 18.3 Å². The van der Waals surface area contributed by atoms with E-state index >= 15 is 0 Å². The van der Waals surface area contributed by atoms with Crippen LogP contribution in [0.2, 0.25) is 0 Å². The van der Waals surface area contributed by atoms with E-state index in [0.717, 1.165) is 46.7 Å². The number of aromatic amines is 2. The summed E-state index contributed by atoms with van der Waals surface area (Å²) in [6.45, 7) is 3.68. The van der Waals surface area contributed by atoms with Crippen molar-refractivity contribution >= 4 is 29.2 Å². The smallest absolute Gasteiger partial charge is 0.256 e. The fraction of sp³-hybridized carbons (Fsp3) is 0.333. The highest BCUT2D eigenvalue weighted by atomic mass is 16.2. The molecule has 4 N–H and O–H groups in total. The lowest BCUT2D eigenvalue weighted by molar-refractivity contribution is -0.110. The highest BCUT2D eigenvalue weighted by Crippen LogP contribution is 2.45. The molecule has 3 aliphatic rings. The van der Waals surface area contributed by atoms with Gasteiger partial charge in [-0.25, -0.2) is 0 Å². The first-order valence-electron chi connectivity index (χ1n) is 11.3. The summed E-state index contributed by atoms with van der Waals surface area (Å²) in [5.41, 5.74) is 7.84. The van der Waals surface area contributed by atoms with Crippen LogP contribution < -0.4 is 10.6 Å². The van der Waals surface area contributed by atoms with E-state index in [1.54, 1.807) is 24.2 Å². The van der Waals surface area contributed by atoms with Gasteiger partial charge in [0.2, 0.25) is 0 Å². The quantitative estimate of drug-likeness (QED) is 0.461. The number of rotatable bonds is 1. The molecule has 2 amide bonds. The van der Waals surface area contributed by atoms with E-state index in [9.17, 15) is 9.59 Å². The molecule has 6 rings (SSSR count). The molecule has 0 spiro atoms. The fourth-order valence-corrected chi connectivity index (χ4v) is 4.64. The van der Waals surface area contributed by atoms with Crippen molar-refractivity contribution in [3.05, 3.63) is 52.2 Å². The Balaban J connectivity index is 1.54. The summed E-state index contributed by atoms with van der Waals surface area (Å²) in [7, 11) is 1.79. The summed E-state index contributed by atoms with van der Waals surface area (Å²) in [5.74, 6) is 0.157. The zero-order valence-electron chi connectivity index (χ0n) is 18.6. The Morgan fingerprint density at radius 3 is 2.82 bits per heavy atom. The van der Waals surface area contributed by atoms with Crippen molar-refractivity contribution in [2.45, 2.75) is 32.2 Å². The predicted octanol–water partition coefficient (Wildman–Crippen LogP) is 2.65. The molecule has 2 aliphatic heterocycles. The van der Waals surface area contributed by atoms with Gasteiger partial charge in [0.15, 0.2) is 0 Å². The minimum atomic E-state index is -0.205. The van der Waals surface area contributed by atoms with Crippen molar-refractivity contribution < 1.29 is 9.59 Å². The van der Waals surface area contributed by atoms with Crippen LogP contribution in [0, 0.1) is 6.92 Å². The fourth-order valence-electron chi connectivity index (χ4n) is 4.64. The van der Waals surface area contributed by atoms with E-state index in [1.807, 2.05) is 19.1 Å². The van der Waals surface area contributed by atoms with E-state index in [1.165, 1.54) is 0 Å². The summed E-state index contributed by atoms with van der Waals surface area (Å²) in [6.07, 6.45) is 5.74. The second-order valence-electron chi connectivity index (χ2n) is 9.05. The van der Waals surface area contributed by atoms with Crippen molar-refractivity contribution in [2.75, 3.05) is 25.5 Å². The Bertz CT molecular complexity index is 1330. The van der Waals surface area contributed by atoms with Crippen molar-refractivity contribution in [1.29, 1.82) is 0 Å². The molecule has 3 aromatic rings. The molecule has 1 saturated carbocycles. The molecule has 0 aromatic carbocycles. The number of hydrogen-bond donors (Lipinski definition) is 4. The number of pyridine rings is 1. The van der Waals surface area contributed by atoms with Gasteiger partial charge >= 0.3 is 0 Å². The molecule has 0 saturated heterocycles. The molecule has 9 heteroatoms. The molecule has 2 bridgehead atoms. The number of likely N-dealkylation sites (N-methyl/N-ethyl adjacent to an activating group) is 1. The molecule has 168 valence electrons. The number of aryl methyl sites for hydroxylation is 1. The Kier molecular flexibility index (Phi) is 4.48. The third kappa shape index (κ3) is 3.36. The summed E-state index contributed by atoms with van der Waals surface area (Å²) in [5, 5.41) is 14.2. The van der Waals surface area contributed by atoms with Crippen LogP contribution in [-0.4, -0.2) is 57.0 Å². The van der Waals surface area contributed by atoms with Crippen LogP contribution in [0.5, 0.6) is 0 Å². The highest BCUT2D eigenvalue weighted by molar-refractivity contribution is 6.35. The molecule has 9 nitrogen and oxygen atoms in total. The minimum absolute atomic E-state index is 0.0878. The third-order valence-corrected chi connectivity index (χ3v) is 6.55. The molecular weight excluding hydrogens is 418 g/mol. The lowest BCUT2D eigenvalue weighted by Crippen LogP contribution is -2.34. The van der Waals surface area contributed by atoms with Gasteiger partial charge in [0.1, 0.15) is 0 Å². The van der Waals surface area contributed by atoms with Crippen molar-refractivity contribution in [2.24, 2.45) is 0 Å². The highest BCUT2D eigenvalue weighted by Gasteiger charge is 2.33. The van der Waals surface area contributed by atoms with E-state index in [-0.39, 0.29) is 11.8 Å². The Labute approximate surface area is 190 Å². The number of aromatic nitrogens is 4. The van der Waals surface area contributed by atoms with Crippen molar-refractivity contribution in [3.8, 4) is 11.3 Å². The monoisotopic (exact) mass is 443 g/mol. The Hall–Kier alpha value is -3.72. The summed E-state index contributed by atoms with van der Waals surface area (Å²) in [4.78, 5) is 35.7. The van der Waals surface area contributed by atoms with Gasteiger partial charge in [0.25, 0.3) is 11.8 Å². The summed E-state index contributed by atoms with van der Waals surface area (Å²) in [6, 6.07) is 3.79. The van der Waals surface area contributed by atoms with Gasteiger partial charge in [0, 0.05) is 49.4 Å². The topological polar surface area (TPSA) is 119 Å². The lowest BCUT2D eigenvalue weighted by atomic mass is 10.0. The molecule has 0 unspecified atom stereocenters. The van der Waals surface area contributed by atoms with Crippen LogP contribution in [0.25, 0.3) is 22.9 Å². The van der Waals surface area contributed by atoms with Gasteiger partial charge in [-0.15, -0.1) is 0 Å². The van der Waals surface area contributed by atoms with Gasteiger partial charge in [-0.1, -0.05) is 0 Å². The van der Waals surface area contributed by atoms with Crippen LogP contribution in [0.3, 0.4) is 0 Å². The average molecular weight is 444 g/mol. The van der Waals surface area contributed by atoms with E-state index in [4.69, 9.17) is 0 Å². The maximum atomic E-state index is 13.2. The normalized spacial score (nSPS) is 19.8. The van der Waals surface area contributed by atoms with E-state index in [2.05, 4.69) is 30.8 Å². The van der Waals surface area contributed by atoms with E-state index < -0.39 is 0 Å². The van der Waals surface area contributed by atoms with Gasteiger partial charge < -0.3 is 20.5 Å². The van der Waals surface area contributed by atoms with Gasteiger partial charge in [0.05, 0.1) is 45.8 Å². The largest absolute Gasteiger partial charge is 0.358 e. The first-order chi connectivity index (χ1) is 16.0. The lowest BCUT2D eigenvalue weighted by Gasteiger charge is -2.17. The summed E-state index contributed by atoms with van der Waals surface area (Å²) < 4.78 is 0. The van der Waals surface area contributed by atoms with Crippen LogP contribution in [0.4, 0.5) is 5.69 Å². The summed E-state index contributed by atoms with van der Waals surface area (Å²) >= 11 is 0. The zero-order chi connectivity index (χ0) is 22.7. The molecule has 3 aromatic heterocycles. The minimum Gasteiger partial charge on any atom is -0.358 e. The second-order valence-corrected chi connectivity index (χ2v) is 9.05. The van der Waals surface area contributed by atoms with Crippen molar-refractivity contribution in [3.63, 3.8) is 0 Å². The standard InChI is InChI=1S/C24H25N7O2/c1-12-7-16-17(27-12)9-15-14-8-18(26-11-19(14)28-23(15)32)21-20(29-30-22(21)13-3-4-13)10-25-5-6-31(2)24(16)33/h7-9,11,13,25,27H,3-6,10H2,1-2H3,(H,28,32)(H,29,30)/b15-9-. The Morgan fingerprint density at radius 2 is 2.00 bits per heavy atom. The first kappa shape index (κ1) is 19.9. The molecule has 0 radical (unpaired) electrons. The van der Waals surface area contributed by atoms with Crippen LogP contribution in [0.1, 0.15) is 57.5 Å². The SMILES string of the molecule is Cc1cc2c([nH]1)/C=C1\C(=O)Nc3cnc(cc31)-c1c(C3CC3)n[nH]c1CNCCN(C)C2=O. The molecule has 0 atom stereocenters. The number of nitrogens with zero attached hydrogens (tertiary/aromatic N) is 3. The Morgan fingerprint density at radius 1 is 1.15 bits per heavy atom. The zero-order valence-corrected chi connectivity index (χ0v) is 18.6. The average Bonchev–Trinajstić information content (AvgIpc) is 3.34. The number of anilines is 1.